The van der Waals surface area contributed by atoms with E-state index < -0.39 is 0 Å². The molecule has 30 heavy (non-hydrogen) atoms. The molecular formula is C22H24IN3O4. The molecule has 1 amide bonds. The minimum absolute atomic E-state index is 0.00848. The molecule has 0 aliphatic rings. The molecule has 1 aromatic heterocycles. The normalized spacial score (nSPS) is 11.7. The molecule has 0 fully saturated rings. The first kappa shape index (κ1) is 22.1. The number of halogens is 1. The van der Waals surface area contributed by atoms with Crippen LogP contribution in [0, 0.1) is 3.57 Å². The van der Waals surface area contributed by atoms with Gasteiger partial charge in [-0.2, -0.15) is 4.98 Å². The molecule has 158 valence electrons. The van der Waals surface area contributed by atoms with Crippen LogP contribution >= 0.6 is 22.6 Å². The fraction of sp³-hybridized carbons (Fsp3) is 0.318. The van der Waals surface area contributed by atoms with E-state index in [2.05, 4.69) is 32.7 Å². The summed E-state index contributed by atoms with van der Waals surface area (Å²) >= 11 is 2.22. The van der Waals surface area contributed by atoms with E-state index >= 15 is 0 Å². The number of amides is 1. The Kier molecular flexibility index (Phi) is 7.67. The number of hydrogen-bond acceptors (Lipinski definition) is 6. The Morgan fingerprint density at radius 3 is 2.43 bits per heavy atom. The summed E-state index contributed by atoms with van der Waals surface area (Å²) in [7, 11) is 1.62. The highest BCUT2D eigenvalue weighted by atomic mass is 127. The summed E-state index contributed by atoms with van der Waals surface area (Å²) in [6.45, 7) is 4.20. The molecule has 0 bridgehead atoms. The maximum Gasteiger partial charge on any atom is 0.261 e. The van der Waals surface area contributed by atoms with E-state index in [4.69, 9.17) is 14.0 Å². The monoisotopic (exact) mass is 521 g/mol. The van der Waals surface area contributed by atoms with E-state index in [0.29, 0.717) is 17.5 Å². The van der Waals surface area contributed by atoms with Gasteiger partial charge in [0, 0.05) is 15.2 Å². The zero-order chi connectivity index (χ0) is 21.5. The molecule has 8 heteroatoms. The number of carbonyl (C=O) groups excluding carboxylic acids is 1. The van der Waals surface area contributed by atoms with Crippen molar-refractivity contribution in [3.05, 3.63) is 58.0 Å². The van der Waals surface area contributed by atoms with Gasteiger partial charge in [0.1, 0.15) is 18.0 Å². The van der Waals surface area contributed by atoms with Gasteiger partial charge in [0.2, 0.25) is 11.7 Å². The standard InChI is InChI=1S/C22H24IN3O4/c1-4-15(2)26(21(27)14-29-19-11-7-17(23)8-12-19)13-20-24-22(25-30-20)16-5-9-18(28-3)10-6-16/h5-12,15H,4,13-14H2,1-3H3. The van der Waals surface area contributed by atoms with Crippen LogP contribution in [-0.2, 0) is 11.3 Å². The molecular weight excluding hydrogens is 497 g/mol. The van der Waals surface area contributed by atoms with Gasteiger partial charge < -0.3 is 18.9 Å². The van der Waals surface area contributed by atoms with Gasteiger partial charge in [0.15, 0.2) is 6.61 Å². The summed E-state index contributed by atoms with van der Waals surface area (Å²) in [5.41, 5.74) is 0.814. The second-order valence-electron chi connectivity index (χ2n) is 6.76. The van der Waals surface area contributed by atoms with Crippen LogP contribution in [0.5, 0.6) is 11.5 Å². The molecule has 0 saturated carbocycles. The molecule has 0 spiro atoms. The number of aromatic nitrogens is 2. The van der Waals surface area contributed by atoms with E-state index in [9.17, 15) is 4.79 Å². The number of rotatable bonds is 9. The number of methoxy groups -OCH3 is 1. The van der Waals surface area contributed by atoms with E-state index in [0.717, 1.165) is 21.3 Å². The Morgan fingerprint density at radius 1 is 1.13 bits per heavy atom. The molecule has 2 aromatic carbocycles. The van der Waals surface area contributed by atoms with Gasteiger partial charge in [-0.15, -0.1) is 0 Å². The van der Waals surface area contributed by atoms with Gasteiger partial charge >= 0.3 is 0 Å². The van der Waals surface area contributed by atoms with Gasteiger partial charge in [-0.05, 0) is 84.5 Å². The number of nitrogens with zero attached hydrogens (tertiary/aromatic N) is 3. The van der Waals surface area contributed by atoms with Crippen molar-refractivity contribution in [2.24, 2.45) is 0 Å². The first-order valence-electron chi connectivity index (χ1n) is 9.65. The van der Waals surface area contributed by atoms with Crippen LogP contribution in [0.4, 0.5) is 0 Å². The van der Waals surface area contributed by atoms with Crippen molar-refractivity contribution in [3.8, 4) is 22.9 Å². The molecule has 1 unspecified atom stereocenters. The van der Waals surface area contributed by atoms with Crippen LogP contribution in [0.15, 0.2) is 53.1 Å². The number of hydrogen-bond donors (Lipinski definition) is 0. The highest BCUT2D eigenvalue weighted by Crippen LogP contribution is 2.21. The summed E-state index contributed by atoms with van der Waals surface area (Å²) in [5.74, 6) is 2.13. The van der Waals surface area contributed by atoms with E-state index in [-0.39, 0.29) is 25.1 Å². The number of benzene rings is 2. The first-order valence-corrected chi connectivity index (χ1v) is 10.7. The molecule has 0 N–H and O–H groups in total. The topological polar surface area (TPSA) is 77.7 Å². The zero-order valence-corrected chi connectivity index (χ0v) is 19.3. The van der Waals surface area contributed by atoms with Gasteiger partial charge in [-0.25, -0.2) is 0 Å². The third-order valence-electron chi connectivity index (χ3n) is 4.74. The third kappa shape index (κ3) is 5.71. The number of ether oxygens (including phenoxy) is 2. The van der Waals surface area contributed by atoms with Crippen molar-refractivity contribution < 1.29 is 18.8 Å². The largest absolute Gasteiger partial charge is 0.497 e. The zero-order valence-electron chi connectivity index (χ0n) is 17.2. The summed E-state index contributed by atoms with van der Waals surface area (Å²) < 4.78 is 17.3. The molecule has 3 rings (SSSR count). The minimum Gasteiger partial charge on any atom is -0.497 e. The lowest BCUT2D eigenvalue weighted by Gasteiger charge is -2.27. The molecule has 1 heterocycles. The van der Waals surface area contributed by atoms with Crippen molar-refractivity contribution >= 4 is 28.5 Å². The highest BCUT2D eigenvalue weighted by molar-refractivity contribution is 14.1. The highest BCUT2D eigenvalue weighted by Gasteiger charge is 2.23. The average molecular weight is 521 g/mol. The Morgan fingerprint density at radius 2 is 1.80 bits per heavy atom. The van der Waals surface area contributed by atoms with Crippen LogP contribution in [0.1, 0.15) is 26.2 Å². The van der Waals surface area contributed by atoms with Crippen LogP contribution in [0.2, 0.25) is 0 Å². The van der Waals surface area contributed by atoms with Crippen molar-refractivity contribution in [2.75, 3.05) is 13.7 Å². The fourth-order valence-corrected chi connectivity index (χ4v) is 3.15. The van der Waals surface area contributed by atoms with Gasteiger partial charge in [-0.3, -0.25) is 4.79 Å². The van der Waals surface area contributed by atoms with Gasteiger partial charge in [0.25, 0.3) is 5.91 Å². The van der Waals surface area contributed by atoms with E-state index in [1.807, 2.05) is 62.4 Å². The Bertz CT molecular complexity index is 957. The molecule has 1 atom stereocenters. The van der Waals surface area contributed by atoms with Crippen LogP contribution < -0.4 is 9.47 Å². The second-order valence-corrected chi connectivity index (χ2v) is 8.01. The summed E-state index contributed by atoms with van der Waals surface area (Å²) in [6, 6.07) is 15.0. The van der Waals surface area contributed by atoms with Crippen LogP contribution in [-0.4, -0.2) is 40.7 Å². The molecule has 0 aliphatic carbocycles. The Hall–Kier alpha value is -2.62. The summed E-state index contributed by atoms with van der Waals surface area (Å²) in [6.07, 6.45) is 0.800. The maximum absolute atomic E-state index is 12.8. The van der Waals surface area contributed by atoms with Crippen LogP contribution in [0.25, 0.3) is 11.4 Å². The van der Waals surface area contributed by atoms with Crippen molar-refractivity contribution in [3.63, 3.8) is 0 Å². The van der Waals surface area contributed by atoms with Crippen molar-refractivity contribution in [1.82, 2.24) is 15.0 Å². The number of carbonyl (C=O) groups is 1. The average Bonchev–Trinajstić information content (AvgIpc) is 3.25. The predicted octanol–water partition coefficient (Wildman–Crippen LogP) is 4.56. The van der Waals surface area contributed by atoms with Gasteiger partial charge in [0.05, 0.1) is 7.11 Å². The molecule has 0 radical (unpaired) electrons. The molecule has 0 aliphatic heterocycles. The van der Waals surface area contributed by atoms with E-state index in [1.54, 1.807) is 12.0 Å². The van der Waals surface area contributed by atoms with Gasteiger partial charge in [-0.1, -0.05) is 12.1 Å². The van der Waals surface area contributed by atoms with Crippen LogP contribution in [0.3, 0.4) is 0 Å². The lowest BCUT2D eigenvalue weighted by Crippen LogP contribution is -2.40. The summed E-state index contributed by atoms with van der Waals surface area (Å²) in [5, 5.41) is 4.04. The lowest BCUT2D eigenvalue weighted by molar-refractivity contribution is -0.136. The third-order valence-corrected chi connectivity index (χ3v) is 5.46. The first-order chi connectivity index (χ1) is 14.5. The second kappa shape index (κ2) is 10.4. The SMILES string of the molecule is CCC(C)N(Cc1nc(-c2ccc(OC)cc2)no1)C(=O)COc1ccc(I)cc1. The fourth-order valence-electron chi connectivity index (χ4n) is 2.79. The molecule has 3 aromatic rings. The smallest absolute Gasteiger partial charge is 0.261 e. The molecule has 0 saturated heterocycles. The Labute approximate surface area is 189 Å². The lowest BCUT2D eigenvalue weighted by atomic mass is 10.2. The quantitative estimate of drug-likeness (QED) is 0.385. The predicted molar refractivity (Wildman–Crippen MR) is 121 cm³/mol. The maximum atomic E-state index is 12.8. The summed E-state index contributed by atoms with van der Waals surface area (Å²) in [4.78, 5) is 19.0. The van der Waals surface area contributed by atoms with Crippen molar-refractivity contribution in [2.45, 2.75) is 32.9 Å². The van der Waals surface area contributed by atoms with E-state index in [1.165, 1.54) is 0 Å². The minimum atomic E-state index is -0.132. The van der Waals surface area contributed by atoms with Crippen molar-refractivity contribution in [1.29, 1.82) is 0 Å². The molecule has 7 nitrogen and oxygen atoms in total. The Balaban J connectivity index is 1.67.